The van der Waals surface area contributed by atoms with Gasteiger partial charge in [-0.2, -0.15) is 0 Å². The van der Waals surface area contributed by atoms with E-state index in [2.05, 4.69) is 17.1 Å². The predicted octanol–water partition coefficient (Wildman–Crippen LogP) is -0.0991. The molecule has 0 aromatic rings. The van der Waals surface area contributed by atoms with Gasteiger partial charge in [0.1, 0.15) is 0 Å². The predicted molar refractivity (Wildman–Crippen MR) is 59.7 cm³/mol. The smallest absolute Gasteiger partial charge is 0.237 e. The zero-order valence-corrected chi connectivity index (χ0v) is 9.70. The Kier molecular flexibility index (Phi) is 3.26. The van der Waals surface area contributed by atoms with Crippen molar-refractivity contribution in [2.75, 3.05) is 33.2 Å². The maximum Gasteiger partial charge on any atom is 0.237 e. The number of piperazine rings is 1. The van der Waals surface area contributed by atoms with Gasteiger partial charge < -0.3 is 10.2 Å². The molecule has 0 bridgehead atoms. The highest BCUT2D eigenvalue weighted by Gasteiger charge is 2.35. The van der Waals surface area contributed by atoms with E-state index in [0.29, 0.717) is 18.5 Å². The van der Waals surface area contributed by atoms with Gasteiger partial charge in [-0.25, -0.2) is 0 Å². The van der Waals surface area contributed by atoms with Crippen molar-refractivity contribution in [1.82, 2.24) is 15.1 Å². The summed E-state index contributed by atoms with van der Waals surface area (Å²) in [5.74, 6) is 0.302. The lowest BCUT2D eigenvalue weighted by Gasteiger charge is -2.37. The lowest BCUT2D eigenvalue weighted by atomic mass is 10.2. The van der Waals surface area contributed by atoms with Crippen LogP contribution < -0.4 is 5.32 Å². The van der Waals surface area contributed by atoms with E-state index in [1.807, 2.05) is 11.9 Å². The summed E-state index contributed by atoms with van der Waals surface area (Å²) in [6.07, 6.45) is 2.58. The fraction of sp³-hybridized carbons (Fsp3) is 0.909. The van der Waals surface area contributed by atoms with Crippen molar-refractivity contribution < 1.29 is 4.79 Å². The third-order valence-electron chi connectivity index (χ3n) is 3.38. The van der Waals surface area contributed by atoms with Gasteiger partial charge in [0.05, 0.1) is 6.54 Å². The first-order valence-corrected chi connectivity index (χ1v) is 5.90. The van der Waals surface area contributed by atoms with Crippen LogP contribution in [0.3, 0.4) is 0 Å². The quantitative estimate of drug-likeness (QED) is 0.705. The number of carbonyl (C=O) groups is 1. The molecule has 0 aromatic carbocycles. The van der Waals surface area contributed by atoms with Crippen LogP contribution in [-0.2, 0) is 4.79 Å². The number of nitrogens with one attached hydrogen (secondary N) is 1. The fourth-order valence-electron chi connectivity index (χ4n) is 2.33. The minimum absolute atomic E-state index is 0.302. The largest absolute Gasteiger partial charge is 0.336 e. The molecule has 1 heterocycles. The van der Waals surface area contributed by atoms with Gasteiger partial charge in [-0.05, 0) is 26.8 Å². The van der Waals surface area contributed by atoms with Gasteiger partial charge in [-0.3, -0.25) is 9.69 Å². The summed E-state index contributed by atoms with van der Waals surface area (Å²) < 4.78 is 0. The van der Waals surface area contributed by atoms with Gasteiger partial charge in [0.2, 0.25) is 5.91 Å². The molecule has 0 radical (unpaired) electrons. The minimum atomic E-state index is 0.302. The van der Waals surface area contributed by atoms with Crippen LogP contribution in [0, 0.1) is 0 Å². The molecular formula is C11H21N3O. The Hall–Kier alpha value is -0.610. The Labute approximate surface area is 91.6 Å². The van der Waals surface area contributed by atoms with E-state index in [1.165, 1.54) is 12.8 Å². The first-order chi connectivity index (χ1) is 7.22. The van der Waals surface area contributed by atoms with Crippen molar-refractivity contribution >= 4 is 5.91 Å². The van der Waals surface area contributed by atoms with E-state index >= 15 is 0 Å². The van der Waals surface area contributed by atoms with E-state index < -0.39 is 0 Å². The highest BCUT2D eigenvalue weighted by Crippen LogP contribution is 2.27. The molecule has 1 unspecified atom stereocenters. The minimum Gasteiger partial charge on any atom is -0.336 e. The van der Waals surface area contributed by atoms with Gasteiger partial charge >= 0.3 is 0 Å². The average molecular weight is 211 g/mol. The van der Waals surface area contributed by atoms with E-state index in [0.717, 1.165) is 25.7 Å². The van der Waals surface area contributed by atoms with Gasteiger partial charge in [0.25, 0.3) is 0 Å². The van der Waals surface area contributed by atoms with Crippen LogP contribution in [0.4, 0.5) is 0 Å². The van der Waals surface area contributed by atoms with Gasteiger partial charge in [-0.15, -0.1) is 0 Å². The zero-order chi connectivity index (χ0) is 10.8. The molecule has 1 amide bonds. The maximum absolute atomic E-state index is 11.9. The molecule has 1 saturated heterocycles. The summed E-state index contributed by atoms with van der Waals surface area (Å²) >= 11 is 0. The summed E-state index contributed by atoms with van der Waals surface area (Å²) in [4.78, 5) is 16.3. The number of nitrogens with zero attached hydrogens (tertiary/aromatic N) is 2. The van der Waals surface area contributed by atoms with Gasteiger partial charge in [-0.1, -0.05) is 0 Å². The van der Waals surface area contributed by atoms with Crippen LogP contribution in [0.2, 0.25) is 0 Å². The third kappa shape index (κ3) is 2.49. The van der Waals surface area contributed by atoms with Gasteiger partial charge in [0.15, 0.2) is 0 Å². The standard InChI is InChI=1S/C11H21N3O/c1-9(7-12-2)14-6-5-13(8-11(14)15)10-3-4-10/h9-10,12H,3-8H2,1-2H3. The number of likely N-dealkylation sites (N-methyl/N-ethyl adjacent to an activating group) is 1. The average Bonchev–Trinajstić information content (AvgIpc) is 3.01. The Bertz CT molecular complexity index is 240. The van der Waals surface area contributed by atoms with Crippen molar-refractivity contribution in [2.45, 2.75) is 31.8 Å². The second-order valence-electron chi connectivity index (χ2n) is 4.70. The van der Waals surface area contributed by atoms with E-state index in [-0.39, 0.29) is 0 Å². The molecule has 4 nitrogen and oxygen atoms in total. The SMILES string of the molecule is CNCC(C)N1CCN(C2CC2)CC1=O. The van der Waals surface area contributed by atoms with Crippen LogP contribution in [0.5, 0.6) is 0 Å². The molecule has 1 atom stereocenters. The Morgan fingerprint density at radius 3 is 2.73 bits per heavy atom. The first kappa shape index (κ1) is 10.9. The van der Waals surface area contributed by atoms with E-state index in [4.69, 9.17) is 0 Å². The molecule has 0 aromatic heterocycles. The number of carbonyl (C=O) groups excluding carboxylic acids is 1. The second kappa shape index (κ2) is 4.49. The summed E-state index contributed by atoms with van der Waals surface area (Å²) in [6.45, 7) is 5.59. The maximum atomic E-state index is 11.9. The van der Waals surface area contributed by atoms with Crippen LogP contribution in [0.25, 0.3) is 0 Å². The second-order valence-corrected chi connectivity index (χ2v) is 4.70. The lowest BCUT2D eigenvalue weighted by Crippen LogP contribution is -2.55. The molecule has 0 spiro atoms. The van der Waals surface area contributed by atoms with Crippen LogP contribution in [0.1, 0.15) is 19.8 Å². The fourth-order valence-corrected chi connectivity index (χ4v) is 2.33. The lowest BCUT2D eigenvalue weighted by molar-refractivity contribution is -0.138. The van der Waals surface area contributed by atoms with Crippen molar-refractivity contribution in [3.05, 3.63) is 0 Å². The zero-order valence-electron chi connectivity index (χ0n) is 9.70. The van der Waals surface area contributed by atoms with Crippen LogP contribution >= 0.6 is 0 Å². The molecule has 2 fully saturated rings. The van der Waals surface area contributed by atoms with Crippen molar-refractivity contribution in [1.29, 1.82) is 0 Å². The summed E-state index contributed by atoms with van der Waals surface area (Å²) in [7, 11) is 1.93. The van der Waals surface area contributed by atoms with Gasteiger partial charge in [0, 0.05) is 31.7 Å². The molecule has 2 aliphatic rings. The highest BCUT2D eigenvalue weighted by atomic mass is 16.2. The number of hydrogen-bond acceptors (Lipinski definition) is 3. The van der Waals surface area contributed by atoms with Crippen LogP contribution in [-0.4, -0.2) is 61.0 Å². The first-order valence-electron chi connectivity index (χ1n) is 5.90. The van der Waals surface area contributed by atoms with Crippen LogP contribution in [0.15, 0.2) is 0 Å². The Morgan fingerprint density at radius 2 is 2.20 bits per heavy atom. The number of amides is 1. The summed E-state index contributed by atoms with van der Waals surface area (Å²) in [5, 5.41) is 3.12. The monoisotopic (exact) mass is 211 g/mol. The highest BCUT2D eigenvalue weighted by molar-refractivity contribution is 5.79. The Balaban J connectivity index is 1.85. The molecule has 15 heavy (non-hydrogen) atoms. The number of rotatable bonds is 4. The van der Waals surface area contributed by atoms with Crippen molar-refractivity contribution in [2.24, 2.45) is 0 Å². The summed E-state index contributed by atoms with van der Waals surface area (Å²) in [6, 6.07) is 1.04. The molecule has 86 valence electrons. The van der Waals surface area contributed by atoms with E-state index in [1.54, 1.807) is 0 Å². The molecule has 1 aliphatic carbocycles. The summed E-state index contributed by atoms with van der Waals surface area (Å²) in [5.41, 5.74) is 0. The van der Waals surface area contributed by atoms with E-state index in [9.17, 15) is 4.79 Å². The van der Waals surface area contributed by atoms with Crippen molar-refractivity contribution in [3.63, 3.8) is 0 Å². The Morgan fingerprint density at radius 1 is 1.47 bits per heavy atom. The molecular weight excluding hydrogens is 190 g/mol. The third-order valence-corrected chi connectivity index (χ3v) is 3.38. The molecule has 1 saturated carbocycles. The molecule has 1 N–H and O–H groups in total. The molecule has 1 aliphatic heterocycles. The van der Waals surface area contributed by atoms with Crippen molar-refractivity contribution in [3.8, 4) is 0 Å². The topological polar surface area (TPSA) is 35.6 Å². The number of hydrogen-bond donors (Lipinski definition) is 1. The normalized spacial score (nSPS) is 25.7. The molecule has 2 rings (SSSR count). The molecule has 4 heteroatoms.